The summed E-state index contributed by atoms with van der Waals surface area (Å²) in [4.78, 5) is 2.04. The third-order valence-electron chi connectivity index (χ3n) is 5.00. The lowest BCUT2D eigenvalue weighted by atomic mass is 9.84. The second kappa shape index (κ2) is 7.20. The summed E-state index contributed by atoms with van der Waals surface area (Å²) in [6, 6.07) is 11.4. The van der Waals surface area contributed by atoms with Crippen LogP contribution in [0.1, 0.15) is 35.6 Å². The van der Waals surface area contributed by atoms with Crippen molar-refractivity contribution in [3.63, 3.8) is 0 Å². The number of halogens is 2. The van der Waals surface area contributed by atoms with Gasteiger partial charge >= 0.3 is 0 Å². The van der Waals surface area contributed by atoms with Gasteiger partial charge in [0, 0.05) is 19.6 Å². The molecule has 5 heteroatoms. The molecule has 0 spiro atoms. The Labute approximate surface area is 146 Å². The number of rotatable bonds is 4. The molecule has 1 saturated heterocycles. The van der Waals surface area contributed by atoms with Crippen LogP contribution >= 0.6 is 0 Å². The maximum Gasteiger partial charge on any atom is 0.159 e. The second-order valence-electron chi connectivity index (χ2n) is 6.89. The average molecular weight is 347 g/mol. The number of piperidine rings is 1. The van der Waals surface area contributed by atoms with Crippen LogP contribution in [0.25, 0.3) is 0 Å². The number of aliphatic hydroxyl groups excluding tert-OH is 1. The van der Waals surface area contributed by atoms with Gasteiger partial charge in [0.25, 0.3) is 0 Å². The predicted octanol–water partition coefficient (Wildman–Crippen LogP) is 3.29. The summed E-state index contributed by atoms with van der Waals surface area (Å²) < 4.78 is 26.3. The van der Waals surface area contributed by atoms with E-state index in [0.717, 1.165) is 23.3 Å². The fourth-order valence-corrected chi connectivity index (χ4v) is 3.40. The maximum atomic E-state index is 13.3. The van der Waals surface area contributed by atoms with Crippen molar-refractivity contribution >= 4 is 0 Å². The molecule has 1 aliphatic heterocycles. The van der Waals surface area contributed by atoms with Gasteiger partial charge in [0.15, 0.2) is 11.6 Å². The van der Waals surface area contributed by atoms with Gasteiger partial charge in [-0.1, -0.05) is 35.9 Å². The molecule has 0 radical (unpaired) electrons. The predicted molar refractivity (Wildman–Crippen MR) is 92.1 cm³/mol. The number of likely N-dealkylation sites (tertiary alicyclic amines) is 1. The van der Waals surface area contributed by atoms with Gasteiger partial charge < -0.3 is 15.1 Å². The molecule has 1 unspecified atom stereocenters. The number of β-amino-alcohol motifs (C(OH)–C–C–N with tert-alkyl or cyclic N) is 1. The molecule has 3 rings (SSSR count). The van der Waals surface area contributed by atoms with E-state index in [0.29, 0.717) is 38.0 Å². The van der Waals surface area contributed by atoms with Crippen molar-refractivity contribution in [2.24, 2.45) is 0 Å². The molecule has 2 aromatic carbocycles. The van der Waals surface area contributed by atoms with Gasteiger partial charge in [0.05, 0.1) is 11.7 Å². The van der Waals surface area contributed by atoms with Crippen LogP contribution in [0.5, 0.6) is 0 Å². The van der Waals surface area contributed by atoms with E-state index in [9.17, 15) is 19.0 Å². The molecule has 134 valence electrons. The first-order valence-electron chi connectivity index (χ1n) is 8.52. The van der Waals surface area contributed by atoms with E-state index in [1.807, 2.05) is 36.1 Å². The Balaban J connectivity index is 1.61. The van der Waals surface area contributed by atoms with Crippen LogP contribution < -0.4 is 0 Å². The maximum absolute atomic E-state index is 13.3. The standard InChI is InChI=1S/C20H23F2NO2/c1-14-3-2-4-16(11-14)20(25)7-9-23(10-8-20)13-19(24)15-5-6-17(21)18(22)12-15/h2-6,11-12,19,24-25H,7-10,13H2,1H3. The quantitative estimate of drug-likeness (QED) is 0.892. The van der Waals surface area contributed by atoms with Gasteiger partial charge in [-0.25, -0.2) is 8.78 Å². The zero-order chi connectivity index (χ0) is 18.0. The molecule has 3 nitrogen and oxygen atoms in total. The molecule has 1 atom stereocenters. The lowest BCUT2D eigenvalue weighted by Gasteiger charge is -2.39. The first-order chi connectivity index (χ1) is 11.9. The van der Waals surface area contributed by atoms with Gasteiger partial charge in [0.1, 0.15) is 0 Å². The van der Waals surface area contributed by atoms with Gasteiger partial charge in [-0.3, -0.25) is 0 Å². The number of aliphatic hydroxyl groups is 2. The minimum atomic E-state index is -0.955. The Morgan fingerprint density at radius 3 is 2.44 bits per heavy atom. The highest BCUT2D eigenvalue weighted by Gasteiger charge is 2.34. The van der Waals surface area contributed by atoms with Crippen LogP contribution in [0.3, 0.4) is 0 Å². The summed E-state index contributed by atoms with van der Waals surface area (Å²) >= 11 is 0. The van der Waals surface area contributed by atoms with Crippen LogP contribution in [-0.2, 0) is 5.60 Å². The highest BCUT2D eigenvalue weighted by molar-refractivity contribution is 5.28. The van der Waals surface area contributed by atoms with Gasteiger partial charge in [-0.05, 0) is 43.0 Å². The second-order valence-corrected chi connectivity index (χ2v) is 6.89. The number of hydrogen-bond acceptors (Lipinski definition) is 3. The molecule has 1 fully saturated rings. The fourth-order valence-electron chi connectivity index (χ4n) is 3.40. The van der Waals surface area contributed by atoms with Gasteiger partial charge in [-0.2, -0.15) is 0 Å². The highest BCUT2D eigenvalue weighted by Crippen LogP contribution is 2.33. The Bertz CT molecular complexity index is 742. The van der Waals surface area contributed by atoms with Crippen LogP contribution in [0.15, 0.2) is 42.5 Å². The summed E-state index contributed by atoms with van der Waals surface area (Å²) in [6.45, 7) is 3.59. The zero-order valence-electron chi connectivity index (χ0n) is 14.3. The van der Waals surface area contributed by atoms with Crippen molar-refractivity contribution in [2.45, 2.75) is 31.5 Å². The zero-order valence-corrected chi connectivity index (χ0v) is 14.3. The van der Waals surface area contributed by atoms with E-state index in [-0.39, 0.29) is 0 Å². The van der Waals surface area contributed by atoms with Crippen LogP contribution in [0, 0.1) is 18.6 Å². The van der Waals surface area contributed by atoms with Crippen molar-refractivity contribution in [3.05, 3.63) is 70.8 Å². The number of aryl methyl sites for hydroxylation is 1. The summed E-state index contributed by atoms with van der Waals surface area (Å²) in [5.41, 5.74) is 1.55. The molecule has 2 aromatic rings. The lowest BCUT2D eigenvalue weighted by molar-refractivity contribution is -0.0345. The SMILES string of the molecule is Cc1cccc(C2(O)CCN(CC(O)c3ccc(F)c(F)c3)CC2)c1. The Morgan fingerprint density at radius 1 is 1.08 bits per heavy atom. The minimum absolute atomic E-state index is 0.328. The third kappa shape index (κ3) is 4.06. The van der Waals surface area contributed by atoms with Crippen molar-refractivity contribution in [3.8, 4) is 0 Å². The summed E-state index contributed by atoms with van der Waals surface area (Å²) in [5, 5.41) is 21.2. The topological polar surface area (TPSA) is 43.7 Å². The summed E-state index contributed by atoms with van der Waals surface area (Å²) in [5.74, 6) is -1.87. The van der Waals surface area contributed by atoms with Crippen LogP contribution in [-0.4, -0.2) is 34.7 Å². The monoisotopic (exact) mass is 347 g/mol. The molecule has 25 heavy (non-hydrogen) atoms. The van der Waals surface area contributed by atoms with Crippen molar-refractivity contribution in [2.75, 3.05) is 19.6 Å². The van der Waals surface area contributed by atoms with Gasteiger partial charge in [-0.15, -0.1) is 0 Å². The summed E-state index contributed by atoms with van der Waals surface area (Å²) in [6.07, 6.45) is 0.252. The smallest absolute Gasteiger partial charge is 0.159 e. The van der Waals surface area contributed by atoms with Crippen LogP contribution in [0.4, 0.5) is 8.78 Å². The van der Waals surface area contributed by atoms with Crippen LogP contribution in [0.2, 0.25) is 0 Å². The normalized spacial score (nSPS) is 18.9. The molecule has 0 bridgehead atoms. The van der Waals surface area contributed by atoms with Crippen molar-refractivity contribution < 1.29 is 19.0 Å². The molecular weight excluding hydrogens is 324 g/mol. The molecular formula is C20H23F2NO2. The molecule has 0 aliphatic carbocycles. The van der Waals surface area contributed by atoms with Crippen molar-refractivity contribution in [1.82, 2.24) is 4.90 Å². The Hall–Kier alpha value is -1.82. The highest BCUT2D eigenvalue weighted by atomic mass is 19.2. The number of benzene rings is 2. The molecule has 1 heterocycles. The molecule has 0 aromatic heterocycles. The first-order valence-corrected chi connectivity index (χ1v) is 8.52. The van der Waals surface area contributed by atoms with E-state index >= 15 is 0 Å². The van der Waals surface area contributed by atoms with E-state index in [1.54, 1.807) is 0 Å². The summed E-state index contributed by atoms with van der Waals surface area (Å²) in [7, 11) is 0. The Morgan fingerprint density at radius 2 is 1.80 bits per heavy atom. The van der Waals surface area contributed by atoms with E-state index in [2.05, 4.69) is 0 Å². The molecule has 0 saturated carbocycles. The average Bonchev–Trinajstić information content (AvgIpc) is 2.59. The first kappa shape index (κ1) is 18.0. The van der Waals surface area contributed by atoms with E-state index in [4.69, 9.17) is 0 Å². The number of hydrogen-bond donors (Lipinski definition) is 2. The third-order valence-corrected chi connectivity index (χ3v) is 5.00. The van der Waals surface area contributed by atoms with E-state index in [1.165, 1.54) is 6.07 Å². The fraction of sp³-hybridized carbons (Fsp3) is 0.400. The molecule has 2 N–H and O–H groups in total. The molecule has 1 aliphatic rings. The minimum Gasteiger partial charge on any atom is -0.387 e. The molecule has 0 amide bonds. The largest absolute Gasteiger partial charge is 0.387 e. The number of nitrogens with zero attached hydrogens (tertiary/aromatic N) is 1. The lowest BCUT2D eigenvalue weighted by Crippen LogP contribution is -2.44. The Kier molecular flexibility index (Phi) is 5.18. The van der Waals surface area contributed by atoms with Crippen molar-refractivity contribution in [1.29, 1.82) is 0 Å². The van der Waals surface area contributed by atoms with E-state index < -0.39 is 23.3 Å². The van der Waals surface area contributed by atoms with Gasteiger partial charge in [0.2, 0.25) is 0 Å².